The van der Waals surface area contributed by atoms with Crippen molar-refractivity contribution >= 4 is 11.6 Å². The number of imidazole rings is 1. The summed E-state index contributed by atoms with van der Waals surface area (Å²) in [6, 6.07) is 25.4. The third-order valence-corrected chi connectivity index (χ3v) is 9.60. The Balaban J connectivity index is 0.00000179. The molecule has 3 aliphatic heterocycles. The van der Waals surface area contributed by atoms with Crippen LogP contribution in [0.15, 0.2) is 107 Å². The van der Waals surface area contributed by atoms with Crippen molar-refractivity contribution in [2.24, 2.45) is 5.92 Å². The van der Waals surface area contributed by atoms with Crippen molar-refractivity contribution in [2.75, 3.05) is 44.3 Å². The zero-order valence-corrected chi connectivity index (χ0v) is 28.1. The van der Waals surface area contributed by atoms with E-state index in [1.807, 2.05) is 85.5 Å². The molecule has 0 bridgehead atoms. The summed E-state index contributed by atoms with van der Waals surface area (Å²) in [6.07, 6.45) is 4.37. The number of hydrogen-bond donors (Lipinski definition) is 1. The highest BCUT2D eigenvalue weighted by atomic mass is 16.5. The Morgan fingerprint density at radius 2 is 1.62 bits per heavy atom. The molecule has 1 fully saturated rings. The van der Waals surface area contributed by atoms with Gasteiger partial charge in [-0.25, -0.2) is 4.79 Å². The minimum Gasteiger partial charge on any atom is -0.457 e. The smallest absolute Gasteiger partial charge is 0.333 e. The number of nitrogens with zero attached hydrogens (tertiary/aromatic N) is 4. The van der Waals surface area contributed by atoms with Crippen LogP contribution in [0, 0.1) is 5.92 Å². The number of rotatable bonds is 6. The average molecular weight is 646 g/mol. The first-order chi connectivity index (χ1) is 23.4. The molecular weight excluding hydrogens is 602 g/mol. The van der Waals surface area contributed by atoms with E-state index in [1.165, 1.54) is 0 Å². The Labute approximate surface area is 281 Å². The first-order valence-electron chi connectivity index (χ1n) is 17.0. The highest BCUT2D eigenvalue weighted by Gasteiger charge is 2.52. The number of hydrogen-bond acceptors (Lipinski definition) is 6. The molecule has 4 aromatic rings. The van der Waals surface area contributed by atoms with Gasteiger partial charge in [-0.1, -0.05) is 69.3 Å². The molecule has 9 heteroatoms. The van der Waals surface area contributed by atoms with Crippen LogP contribution in [-0.2, 0) is 16.7 Å². The van der Waals surface area contributed by atoms with Crippen molar-refractivity contribution in [1.82, 2.24) is 19.4 Å². The second-order valence-electron chi connectivity index (χ2n) is 12.6. The standard InChI is InChI=1S/C37H37N5O4.C2H6/c1-25-14-15-37(2)33-31(25)38-16-17-40(33)35(43)32-34(37)42(28-10-7-9-27(23-28)39-18-20-45-21-19-39)36(44)41(32)24-26-8-6-13-30(22-26)46-29-11-4-3-5-12-29;1-2/h3-15,22-23,25,38H,16-21,24H2,1-2H3;1-2H3. The van der Waals surface area contributed by atoms with Crippen molar-refractivity contribution in [1.29, 1.82) is 0 Å². The highest BCUT2D eigenvalue weighted by molar-refractivity contribution is 5.98. The van der Waals surface area contributed by atoms with E-state index in [2.05, 4.69) is 48.3 Å². The van der Waals surface area contributed by atoms with Gasteiger partial charge in [-0.2, -0.15) is 0 Å². The molecule has 1 aromatic heterocycles. The summed E-state index contributed by atoms with van der Waals surface area (Å²) in [5.74, 6) is 1.40. The molecule has 1 aliphatic carbocycles. The molecule has 3 aromatic carbocycles. The number of para-hydroxylation sites is 1. The van der Waals surface area contributed by atoms with Crippen LogP contribution in [0.4, 0.5) is 5.69 Å². The van der Waals surface area contributed by atoms with E-state index >= 15 is 0 Å². The number of aromatic nitrogens is 2. The first-order valence-corrected chi connectivity index (χ1v) is 17.0. The van der Waals surface area contributed by atoms with Gasteiger partial charge in [-0.15, -0.1) is 0 Å². The van der Waals surface area contributed by atoms with Crippen LogP contribution in [-0.4, -0.2) is 59.3 Å². The highest BCUT2D eigenvalue weighted by Crippen LogP contribution is 2.48. The lowest BCUT2D eigenvalue weighted by atomic mass is 9.71. The van der Waals surface area contributed by atoms with Gasteiger partial charge >= 0.3 is 5.69 Å². The van der Waals surface area contributed by atoms with Crippen molar-refractivity contribution in [3.63, 3.8) is 0 Å². The number of morpholine rings is 1. The van der Waals surface area contributed by atoms with Crippen molar-refractivity contribution in [3.8, 4) is 17.2 Å². The summed E-state index contributed by atoms with van der Waals surface area (Å²) in [6.45, 7) is 12.6. The van der Waals surface area contributed by atoms with Gasteiger partial charge in [0.1, 0.15) is 17.2 Å². The summed E-state index contributed by atoms with van der Waals surface area (Å²) >= 11 is 0. The molecule has 0 radical (unpaired) electrons. The number of carbonyl (C=O) groups excluding carboxylic acids is 1. The molecule has 1 saturated heterocycles. The first kappa shape index (κ1) is 31.6. The third kappa shape index (κ3) is 5.32. The van der Waals surface area contributed by atoms with Gasteiger partial charge in [0, 0.05) is 43.5 Å². The zero-order valence-electron chi connectivity index (χ0n) is 28.1. The molecule has 0 saturated carbocycles. The van der Waals surface area contributed by atoms with Gasteiger partial charge in [-0.05, 0) is 55.0 Å². The number of benzene rings is 3. The van der Waals surface area contributed by atoms with Crippen LogP contribution < -0.4 is 20.6 Å². The maximum absolute atomic E-state index is 14.8. The van der Waals surface area contributed by atoms with Gasteiger partial charge in [0.05, 0.1) is 42.3 Å². The third-order valence-electron chi connectivity index (χ3n) is 9.60. The van der Waals surface area contributed by atoms with Crippen molar-refractivity contribution in [2.45, 2.75) is 39.7 Å². The van der Waals surface area contributed by atoms with Gasteiger partial charge in [0.25, 0.3) is 5.91 Å². The van der Waals surface area contributed by atoms with E-state index in [1.54, 1.807) is 9.13 Å². The fourth-order valence-electron chi connectivity index (χ4n) is 7.41. The Kier molecular flexibility index (Phi) is 8.47. The van der Waals surface area contributed by atoms with Crippen LogP contribution in [0.3, 0.4) is 0 Å². The summed E-state index contributed by atoms with van der Waals surface area (Å²) < 4.78 is 15.1. The number of nitrogens with one attached hydrogen (secondary N) is 1. The maximum Gasteiger partial charge on any atom is 0.333 e. The van der Waals surface area contributed by atoms with E-state index in [-0.39, 0.29) is 24.1 Å². The quantitative estimate of drug-likeness (QED) is 0.256. The molecule has 1 N–H and O–H groups in total. The molecule has 2 unspecified atom stereocenters. The number of fused-ring (bicyclic) bond motifs is 2. The largest absolute Gasteiger partial charge is 0.457 e. The molecular formula is C39H43N5O4. The normalized spacial score (nSPS) is 21.2. The predicted molar refractivity (Wildman–Crippen MR) is 188 cm³/mol. The summed E-state index contributed by atoms with van der Waals surface area (Å²) in [5, 5.41) is 3.58. The van der Waals surface area contributed by atoms with Crippen LogP contribution >= 0.6 is 0 Å². The molecule has 4 aliphatic rings. The summed E-state index contributed by atoms with van der Waals surface area (Å²) in [5.41, 5.74) is 4.83. The second kappa shape index (κ2) is 12.9. The minimum absolute atomic E-state index is 0.138. The van der Waals surface area contributed by atoms with E-state index in [0.717, 1.165) is 47.2 Å². The van der Waals surface area contributed by atoms with E-state index in [4.69, 9.17) is 9.47 Å². The molecule has 48 heavy (non-hydrogen) atoms. The van der Waals surface area contributed by atoms with E-state index < -0.39 is 5.41 Å². The molecule has 1 amide bonds. The van der Waals surface area contributed by atoms with Crippen LogP contribution in [0.25, 0.3) is 5.69 Å². The van der Waals surface area contributed by atoms with Gasteiger partial charge in [-0.3, -0.25) is 13.9 Å². The van der Waals surface area contributed by atoms with Crippen molar-refractivity contribution in [3.05, 3.63) is 130 Å². The molecule has 0 spiro atoms. The fraction of sp³-hybridized carbons (Fsp3) is 0.333. The van der Waals surface area contributed by atoms with Gasteiger partial charge in [0.2, 0.25) is 0 Å². The van der Waals surface area contributed by atoms with Crippen LogP contribution in [0.2, 0.25) is 0 Å². The second-order valence-corrected chi connectivity index (χ2v) is 12.6. The lowest BCUT2D eigenvalue weighted by molar-refractivity contribution is 0.0738. The maximum atomic E-state index is 14.8. The number of amides is 1. The van der Waals surface area contributed by atoms with Gasteiger partial charge in [0.15, 0.2) is 0 Å². The van der Waals surface area contributed by atoms with Crippen LogP contribution in [0.1, 0.15) is 49.4 Å². The predicted octanol–water partition coefficient (Wildman–Crippen LogP) is 6.08. The number of ether oxygens (including phenoxy) is 2. The fourth-order valence-corrected chi connectivity index (χ4v) is 7.41. The SMILES string of the molecule is CC.CC1C=CC2(C)C3=C1NCCN3C(=O)c1c2n(-c2cccc(N3CCOCC3)c2)c(=O)n1Cc1cccc(Oc2ccccc2)c1. The van der Waals surface area contributed by atoms with E-state index in [9.17, 15) is 9.59 Å². The summed E-state index contributed by atoms with van der Waals surface area (Å²) in [7, 11) is 0. The molecule has 248 valence electrons. The Morgan fingerprint density at radius 3 is 2.42 bits per heavy atom. The minimum atomic E-state index is -0.698. The topological polar surface area (TPSA) is 81.0 Å². The molecule has 2 atom stereocenters. The van der Waals surface area contributed by atoms with Crippen LogP contribution in [0.5, 0.6) is 11.5 Å². The van der Waals surface area contributed by atoms with E-state index in [0.29, 0.717) is 43.4 Å². The Hall–Kier alpha value is -5.02. The zero-order chi connectivity index (χ0) is 33.4. The average Bonchev–Trinajstić information content (AvgIpc) is 3.43. The molecule has 9 nitrogen and oxygen atoms in total. The van der Waals surface area contributed by atoms with Gasteiger partial charge < -0.3 is 24.6 Å². The number of anilines is 1. The monoisotopic (exact) mass is 645 g/mol. The van der Waals surface area contributed by atoms with Crippen molar-refractivity contribution < 1.29 is 14.3 Å². The Morgan fingerprint density at radius 1 is 0.896 bits per heavy atom. The molecule has 4 heterocycles. The lowest BCUT2D eigenvalue weighted by Crippen LogP contribution is -2.54. The lowest BCUT2D eigenvalue weighted by Gasteiger charge is -2.48. The number of carbonyl (C=O) groups is 1. The number of allylic oxidation sites excluding steroid dienone is 2. The Bertz CT molecular complexity index is 1950. The molecule has 8 rings (SSSR count). The summed E-state index contributed by atoms with van der Waals surface area (Å²) in [4.78, 5) is 33.5.